The van der Waals surface area contributed by atoms with E-state index < -0.39 is 0 Å². The lowest BCUT2D eigenvalue weighted by Gasteiger charge is -2.21. The molecule has 0 fully saturated rings. The number of carbonyl (C=O) groups excluding carboxylic acids is 1. The Morgan fingerprint density at radius 3 is 2.81 bits per heavy atom. The number of amides is 1. The molecule has 2 rings (SSSR count). The molecule has 1 atom stereocenters. The van der Waals surface area contributed by atoms with Crippen molar-refractivity contribution in [1.29, 1.82) is 0 Å². The number of hydrogen-bond acceptors (Lipinski definition) is 3. The van der Waals surface area contributed by atoms with Gasteiger partial charge in [0, 0.05) is 24.5 Å². The van der Waals surface area contributed by atoms with Crippen LogP contribution in [0.15, 0.2) is 18.2 Å². The first-order valence-corrected chi connectivity index (χ1v) is 7.60. The van der Waals surface area contributed by atoms with Crippen LogP contribution in [-0.2, 0) is 11.2 Å². The Labute approximate surface area is 127 Å². The summed E-state index contributed by atoms with van der Waals surface area (Å²) in [6.45, 7) is 6.69. The number of fused-ring (bicyclic) bond motifs is 1. The van der Waals surface area contributed by atoms with Crippen LogP contribution in [0.3, 0.4) is 0 Å². The van der Waals surface area contributed by atoms with Gasteiger partial charge in [0.15, 0.2) is 0 Å². The molecule has 0 aromatic heterocycles. The summed E-state index contributed by atoms with van der Waals surface area (Å²) in [7, 11) is 1.69. The van der Waals surface area contributed by atoms with Crippen LogP contribution in [0, 0.1) is 0 Å². The fraction of sp³-hybridized carbons (Fsp3) is 0.588. The second kappa shape index (κ2) is 6.48. The van der Waals surface area contributed by atoms with Crippen LogP contribution in [0.5, 0.6) is 5.75 Å². The van der Waals surface area contributed by atoms with Crippen molar-refractivity contribution in [3.63, 3.8) is 0 Å². The van der Waals surface area contributed by atoms with Crippen molar-refractivity contribution in [3.8, 4) is 5.75 Å². The van der Waals surface area contributed by atoms with Gasteiger partial charge in [0.05, 0.1) is 7.11 Å². The van der Waals surface area contributed by atoms with Gasteiger partial charge < -0.3 is 15.4 Å². The first-order valence-electron chi connectivity index (χ1n) is 7.60. The van der Waals surface area contributed by atoms with Gasteiger partial charge in [-0.3, -0.25) is 4.79 Å². The molecule has 4 nitrogen and oxygen atoms in total. The minimum Gasteiger partial charge on any atom is -0.497 e. The zero-order valence-electron chi connectivity index (χ0n) is 13.5. The monoisotopic (exact) mass is 290 g/mol. The molecule has 0 saturated heterocycles. The number of carbonyl (C=O) groups is 1. The Morgan fingerprint density at radius 2 is 2.14 bits per heavy atom. The average molecular weight is 290 g/mol. The molecule has 0 saturated carbocycles. The molecule has 0 heterocycles. The Morgan fingerprint density at radius 1 is 1.38 bits per heavy atom. The van der Waals surface area contributed by atoms with Gasteiger partial charge in [-0.15, -0.1) is 0 Å². The maximum Gasteiger partial charge on any atom is 0.221 e. The standard InChI is InChI=1S/C17H26N2O2/c1-17(2,3)19-16(20)9-10-18-15-8-6-12-5-7-13(21-4)11-14(12)15/h5,7,11,15,18H,6,8-10H2,1-4H3,(H,19,20). The minimum absolute atomic E-state index is 0.0962. The second-order valence-corrected chi connectivity index (χ2v) is 6.66. The Bertz CT molecular complexity index is 506. The molecule has 0 radical (unpaired) electrons. The van der Waals surface area contributed by atoms with Crippen LogP contribution < -0.4 is 15.4 Å². The number of rotatable bonds is 5. The molecule has 1 aromatic carbocycles. The third-order valence-corrected chi connectivity index (χ3v) is 3.69. The maximum absolute atomic E-state index is 11.8. The van der Waals surface area contributed by atoms with Crippen LogP contribution in [0.1, 0.15) is 50.8 Å². The molecule has 0 bridgehead atoms. The largest absolute Gasteiger partial charge is 0.497 e. The van der Waals surface area contributed by atoms with Crippen LogP contribution in [0.4, 0.5) is 0 Å². The number of ether oxygens (including phenoxy) is 1. The molecule has 4 heteroatoms. The van der Waals surface area contributed by atoms with Gasteiger partial charge in [0.2, 0.25) is 5.91 Å². The van der Waals surface area contributed by atoms with E-state index in [9.17, 15) is 4.79 Å². The lowest BCUT2D eigenvalue weighted by Crippen LogP contribution is -2.41. The summed E-state index contributed by atoms with van der Waals surface area (Å²) in [4.78, 5) is 11.8. The molecule has 21 heavy (non-hydrogen) atoms. The molecule has 1 aliphatic rings. The van der Waals surface area contributed by atoms with Gasteiger partial charge in [0.25, 0.3) is 0 Å². The van der Waals surface area contributed by atoms with Crippen molar-refractivity contribution >= 4 is 5.91 Å². The summed E-state index contributed by atoms with van der Waals surface area (Å²) >= 11 is 0. The highest BCUT2D eigenvalue weighted by Crippen LogP contribution is 2.33. The van der Waals surface area contributed by atoms with Gasteiger partial charge in [-0.25, -0.2) is 0 Å². The number of methoxy groups -OCH3 is 1. The third kappa shape index (κ3) is 4.46. The van der Waals surface area contributed by atoms with Crippen molar-refractivity contribution in [2.75, 3.05) is 13.7 Å². The van der Waals surface area contributed by atoms with E-state index in [-0.39, 0.29) is 11.4 Å². The molecule has 2 N–H and O–H groups in total. The Balaban J connectivity index is 1.85. The van der Waals surface area contributed by atoms with E-state index in [1.165, 1.54) is 11.1 Å². The Hall–Kier alpha value is -1.55. The summed E-state index contributed by atoms with van der Waals surface area (Å²) in [5.41, 5.74) is 2.53. The molecular weight excluding hydrogens is 264 g/mol. The molecular formula is C17H26N2O2. The number of hydrogen-bond donors (Lipinski definition) is 2. The van der Waals surface area contributed by atoms with Gasteiger partial charge >= 0.3 is 0 Å². The summed E-state index contributed by atoms with van der Waals surface area (Å²) in [6, 6.07) is 6.59. The summed E-state index contributed by atoms with van der Waals surface area (Å²) in [5.74, 6) is 0.992. The summed E-state index contributed by atoms with van der Waals surface area (Å²) < 4.78 is 5.29. The minimum atomic E-state index is -0.162. The lowest BCUT2D eigenvalue weighted by atomic mass is 10.1. The quantitative estimate of drug-likeness (QED) is 0.876. The third-order valence-electron chi connectivity index (χ3n) is 3.69. The predicted molar refractivity (Wildman–Crippen MR) is 84.6 cm³/mol. The number of benzene rings is 1. The van der Waals surface area contributed by atoms with E-state index in [2.05, 4.69) is 22.8 Å². The van der Waals surface area contributed by atoms with Crippen LogP contribution >= 0.6 is 0 Å². The van der Waals surface area contributed by atoms with E-state index in [0.717, 1.165) is 18.6 Å². The topological polar surface area (TPSA) is 50.4 Å². The predicted octanol–water partition coefficient (Wildman–Crippen LogP) is 2.58. The van der Waals surface area contributed by atoms with Gasteiger partial charge in [-0.1, -0.05) is 6.07 Å². The van der Waals surface area contributed by atoms with Crippen LogP contribution in [0.2, 0.25) is 0 Å². The van der Waals surface area contributed by atoms with Crippen molar-refractivity contribution in [1.82, 2.24) is 10.6 Å². The molecule has 116 valence electrons. The summed E-state index contributed by atoms with van der Waals surface area (Å²) in [5, 5.41) is 6.47. The highest BCUT2D eigenvalue weighted by molar-refractivity contribution is 5.76. The molecule has 1 unspecified atom stereocenters. The number of nitrogens with one attached hydrogen (secondary N) is 2. The van der Waals surface area contributed by atoms with Gasteiger partial charge in [0.1, 0.15) is 5.75 Å². The van der Waals surface area contributed by atoms with E-state index >= 15 is 0 Å². The van der Waals surface area contributed by atoms with Crippen molar-refractivity contribution in [2.24, 2.45) is 0 Å². The van der Waals surface area contributed by atoms with Crippen molar-refractivity contribution < 1.29 is 9.53 Å². The molecule has 1 aliphatic carbocycles. The van der Waals surface area contributed by atoms with Gasteiger partial charge in [-0.05, 0) is 56.9 Å². The highest BCUT2D eigenvalue weighted by Gasteiger charge is 2.22. The molecule has 0 aliphatic heterocycles. The van der Waals surface area contributed by atoms with E-state index in [0.29, 0.717) is 19.0 Å². The number of aryl methyl sites for hydroxylation is 1. The Kier molecular flexibility index (Phi) is 4.88. The normalized spacial score (nSPS) is 17.4. The van der Waals surface area contributed by atoms with E-state index in [1.807, 2.05) is 26.8 Å². The van der Waals surface area contributed by atoms with Crippen LogP contribution in [-0.4, -0.2) is 25.1 Å². The first kappa shape index (κ1) is 15.8. The fourth-order valence-electron chi connectivity index (χ4n) is 2.76. The zero-order chi connectivity index (χ0) is 15.5. The molecule has 1 aromatic rings. The SMILES string of the molecule is COc1ccc2c(c1)C(NCCC(=O)NC(C)(C)C)CC2. The zero-order valence-corrected chi connectivity index (χ0v) is 13.5. The van der Waals surface area contributed by atoms with Crippen molar-refractivity contribution in [2.45, 2.75) is 51.6 Å². The fourth-order valence-corrected chi connectivity index (χ4v) is 2.76. The molecule has 0 spiro atoms. The average Bonchev–Trinajstić information content (AvgIpc) is 2.79. The maximum atomic E-state index is 11.8. The van der Waals surface area contributed by atoms with Crippen molar-refractivity contribution in [3.05, 3.63) is 29.3 Å². The first-order chi connectivity index (χ1) is 9.89. The summed E-state index contributed by atoms with van der Waals surface area (Å²) in [6.07, 6.45) is 2.68. The highest BCUT2D eigenvalue weighted by atomic mass is 16.5. The molecule has 1 amide bonds. The second-order valence-electron chi connectivity index (χ2n) is 6.66. The van der Waals surface area contributed by atoms with E-state index in [4.69, 9.17) is 4.74 Å². The van der Waals surface area contributed by atoms with Gasteiger partial charge in [-0.2, -0.15) is 0 Å². The van der Waals surface area contributed by atoms with E-state index in [1.54, 1.807) is 7.11 Å². The lowest BCUT2D eigenvalue weighted by molar-refractivity contribution is -0.122. The smallest absolute Gasteiger partial charge is 0.221 e. The van der Waals surface area contributed by atoms with Crippen LogP contribution in [0.25, 0.3) is 0 Å².